The standard InChI is InChI=1S/C12H16N4O2/c13-10-9-3-5-16(11(9)15-7-14-10)12(18)4-1-2-8(12)6-17/h3,5,7-8,17-18H,1-2,4,6H2,(H2,13,14,15). The average Bonchev–Trinajstić information content (AvgIpc) is 2.94. The molecule has 2 aromatic heterocycles. The Morgan fingerprint density at radius 1 is 1.50 bits per heavy atom. The number of rotatable bonds is 2. The van der Waals surface area contributed by atoms with Crippen LogP contribution in [0, 0.1) is 5.92 Å². The second kappa shape index (κ2) is 3.93. The molecule has 1 fully saturated rings. The smallest absolute Gasteiger partial charge is 0.147 e. The summed E-state index contributed by atoms with van der Waals surface area (Å²) in [5, 5.41) is 20.9. The lowest BCUT2D eigenvalue weighted by molar-refractivity contribution is -0.0840. The van der Waals surface area contributed by atoms with E-state index in [4.69, 9.17) is 5.73 Å². The molecule has 18 heavy (non-hydrogen) atoms. The van der Waals surface area contributed by atoms with Crippen LogP contribution in [0.5, 0.6) is 0 Å². The van der Waals surface area contributed by atoms with E-state index in [1.54, 1.807) is 16.8 Å². The van der Waals surface area contributed by atoms with Gasteiger partial charge in [0.1, 0.15) is 23.5 Å². The molecule has 4 N–H and O–H groups in total. The number of hydrogen-bond acceptors (Lipinski definition) is 5. The summed E-state index contributed by atoms with van der Waals surface area (Å²) >= 11 is 0. The summed E-state index contributed by atoms with van der Waals surface area (Å²) in [5.41, 5.74) is 5.33. The van der Waals surface area contributed by atoms with E-state index in [9.17, 15) is 10.2 Å². The molecule has 6 nitrogen and oxygen atoms in total. The summed E-state index contributed by atoms with van der Waals surface area (Å²) in [6.07, 6.45) is 5.48. The molecule has 2 unspecified atom stereocenters. The lowest BCUT2D eigenvalue weighted by Crippen LogP contribution is -2.38. The number of nitrogen functional groups attached to an aromatic ring is 1. The second-order valence-corrected chi connectivity index (χ2v) is 4.83. The van der Waals surface area contributed by atoms with Crippen molar-refractivity contribution < 1.29 is 10.2 Å². The van der Waals surface area contributed by atoms with Crippen LogP contribution in [0.25, 0.3) is 11.0 Å². The van der Waals surface area contributed by atoms with Crippen LogP contribution in [-0.2, 0) is 5.72 Å². The Balaban J connectivity index is 2.17. The quantitative estimate of drug-likeness (QED) is 0.717. The molecule has 0 aliphatic heterocycles. The van der Waals surface area contributed by atoms with Crippen LogP contribution in [0.4, 0.5) is 5.82 Å². The molecule has 0 bridgehead atoms. The van der Waals surface area contributed by atoms with E-state index < -0.39 is 5.72 Å². The molecule has 1 aliphatic carbocycles. The van der Waals surface area contributed by atoms with Gasteiger partial charge < -0.3 is 20.5 Å². The maximum atomic E-state index is 10.8. The normalized spacial score (nSPS) is 28.0. The third-order valence-electron chi connectivity index (χ3n) is 3.90. The van der Waals surface area contributed by atoms with Gasteiger partial charge in [-0.1, -0.05) is 0 Å². The van der Waals surface area contributed by atoms with Crippen molar-refractivity contribution in [3.05, 3.63) is 18.6 Å². The third kappa shape index (κ3) is 1.42. The van der Waals surface area contributed by atoms with E-state index in [-0.39, 0.29) is 12.5 Å². The van der Waals surface area contributed by atoms with Crippen LogP contribution in [0.15, 0.2) is 18.6 Å². The Hall–Kier alpha value is -1.66. The van der Waals surface area contributed by atoms with Crippen molar-refractivity contribution in [3.8, 4) is 0 Å². The zero-order chi connectivity index (χ0) is 12.8. The average molecular weight is 248 g/mol. The van der Waals surface area contributed by atoms with Gasteiger partial charge in [0, 0.05) is 12.1 Å². The molecule has 2 atom stereocenters. The number of nitrogens with zero attached hydrogens (tertiary/aromatic N) is 3. The molecule has 2 heterocycles. The van der Waals surface area contributed by atoms with Crippen molar-refractivity contribution in [2.45, 2.75) is 25.0 Å². The lowest BCUT2D eigenvalue weighted by Gasteiger charge is -2.31. The van der Waals surface area contributed by atoms with E-state index in [1.165, 1.54) is 6.33 Å². The van der Waals surface area contributed by atoms with Gasteiger partial charge in [-0.3, -0.25) is 0 Å². The maximum absolute atomic E-state index is 10.8. The first-order valence-corrected chi connectivity index (χ1v) is 6.08. The third-order valence-corrected chi connectivity index (χ3v) is 3.90. The van der Waals surface area contributed by atoms with Crippen molar-refractivity contribution in [2.24, 2.45) is 5.92 Å². The minimum absolute atomic E-state index is 0.0310. The molecule has 96 valence electrons. The molecule has 0 saturated heterocycles. The minimum Gasteiger partial charge on any atom is -0.396 e. The van der Waals surface area contributed by atoms with Crippen LogP contribution >= 0.6 is 0 Å². The molecular formula is C12H16N4O2. The molecular weight excluding hydrogens is 232 g/mol. The highest BCUT2D eigenvalue weighted by atomic mass is 16.3. The molecule has 0 radical (unpaired) electrons. The zero-order valence-electron chi connectivity index (χ0n) is 9.95. The molecule has 1 saturated carbocycles. The van der Waals surface area contributed by atoms with Crippen molar-refractivity contribution in [1.29, 1.82) is 0 Å². The van der Waals surface area contributed by atoms with Gasteiger partial charge in [-0.2, -0.15) is 0 Å². The molecule has 3 rings (SSSR count). The SMILES string of the molecule is Nc1ncnc2c1ccn2C1(O)CCCC1CO. The molecule has 2 aromatic rings. The van der Waals surface area contributed by atoms with Crippen molar-refractivity contribution >= 4 is 16.9 Å². The van der Waals surface area contributed by atoms with Crippen LogP contribution in [0.1, 0.15) is 19.3 Å². The van der Waals surface area contributed by atoms with Gasteiger partial charge in [0.05, 0.1) is 12.0 Å². The number of aliphatic hydroxyl groups excluding tert-OH is 1. The Morgan fingerprint density at radius 2 is 2.33 bits per heavy atom. The van der Waals surface area contributed by atoms with Crippen molar-refractivity contribution in [2.75, 3.05) is 12.3 Å². The van der Waals surface area contributed by atoms with E-state index in [0.29, 0.717) is 17.9 Å². The predicted octanol–water partition coefficient (Wildman–Crippen LogP) is 0.451. The number of hydrogen-bond donors (Lipinski definition) is 3. The predicted molar refractivity (Wildman–Crippen MR) is 66.6 cm³/mol. The van der Waals surface area contributed by atoms with Gasteiger partial charge in [-0.25, -0.2) is 9.97 Å². The van der Waals surface area contributed by atoms with E-state index in [2.05, 4.69) is 9.97 Å². The van der Waals surface area contributed by atoms with Gasteiger partial charge >= 0.3 is 0 Å². The summed E-state index contributed by atoms with van der Waals surface area (Å²) in [6, 6.07) is 1.80. The fraction of sp³-hybridized carbons (Fsp3) is 0.500. The van der Waals surface area contributed by atoms with Gasteiger partial charge in [-0.05, 0) is 25.3 Å². The van der Waals surface area contributed by atoms with Crippen LogP contribution in [0.3, 0.4) is 0 Å². The van der Waals surface area contributed by atoms with E-state index in [1.807, 2.05) is 0 Å². The summed E-state index contributed by atoms with van der Waals surface area (Å²) in [6.45, 7) is -0.0310. The topological polar surface area (TPSA) is 97.2 Å². The fourth-order valence-corrected chi connectivity index (χ4v) is 2.88. The highest BCUT2D eigenvalue weighted by Gasteiger charge is 2.43. The van der Waals surface area contributed by atoms with Gasteiger partial charge in [-0.15, -0.1) is 0 Å². The molecule has 0 amide bonds. The fourth-order valence-electron chi connectivity index (χ4n) is 2.88. The summed E-state index contributed by atoms with van der Waals surface area (Å²) in [4.78, 5) is 8.12. The minimum atomic E-state index is -1.07. The molecule has 1 aliphatic rings. The van der Waals surface area contributed by atoms with Crippen LogP contribution in [0.2, 0.25) is 0 Å². The summed E-state index contributed by atoms with van der Waals surface area (Å²) in [5.74, 6) is 0.241. The number of nitrogens with two attached hydrogens (primary N) is 1. The molecule has 6 heteroatoms. The van der Waals surface area contributed by atoms with Gasteiger partial charge in [0.25, 0.3) is 0 Å². The first kappa shape index (κ1) is 11.4. The van der Waals surface area contributed by atoms with Gasteiger partial charge in [0.2, 0.25) is 0 Å². The zero-order valence-corrected chi connectivity index (χ0v) is 9.95. The summed E-state index contributed by atoms with van der Waals surface area (Å²) < 4.78 is 1.72. The van der Waals surface area contributed by atoms with Crippen LogP contribution < -0.4 is 5.73 Å². The summed E-state index contributed by atoms with van der Waals surface area (Å²) in [7, 11) is 0. The highest BCUT2D eigenvalue weighted by molar-refractivity contribution is 5.86. The first-order chi connectivity index (χ1) is 8.66. The van der Waals surface area contributed by atoms with Gasteiger partial charge in [0.15, 0.2) is 0 Å². The maximum Gasteiger partial charge on any atom is 0.147 e. The Bertz CT molecular complexity index is 582. The van der Waals surface area contributed by atoms with Crippen molar-refractivity contribution in [3.63, 3.8) is 0 Å². The van der Waals surface area contributed by atoms with Crippen LogP contribution in [-0.4, -0.2) is 31.4 Å². The molecule has 0 aromatic carbocycles. The number of aromatic nitrogens is 3. The Morgan fingerprint density at radius 3 is 3.11 bits per heavy atom. The second-order valence-electron chi connectivity index (χ2n) is 4.83. The largest absolute Gasteiger partial charge is 0.396 e. The lowest BCUT2D eigenvalue weighted by atomic mass is 10.0. The number of anilines is 1. The Kier molecular flexibility index (Phi) is 2.49. The number of fused-ring (bicyclic) bond motifs is 1. The monoisotopic (exact) mass is 248 g/mol. The van der Waals surface area contributed by atoms with Crippen molar-refractivity contribution in [1.82, 2.24) is 14.5 Å². The Labute approximate surface area is 104 Å². The molecule has 0 spiro atoms. The first-order valence-electron chi connectivity index (χ1n) is 6.08. The highest BCUT2D eigenvalue weighted by Crippen LogP contribution is 2.41. The van der Waals surface area contributed by atoms with E-state index >= 15 is 0 Å². The number of aliphatic hydroxyl groups is 2. The van der Waals surface area contributed by atoms with E-state index in [0.717, 1.165) is 18.2 Å².